The van der Waals surface area contributed by atoms with Crippen molar-refractivity contribution in [1.82, 2.24) is 9.78 Å². The Hall–Kier alpha value is -2.36. The second-order valence-corrected chi connectivity index (χ2v) is 11.2. The van der Waals surface area contributed by atoms with Crippen LogP contribution in [0.4, 0.5) is 5.82 Å². The van der Waals surface area contributed by atoms with Gasteiger partial charge in [-0.3, -0.25) is 4.72 Å². The number of hydrogen-bond acceptors (Lipinski definition) is 5. The van der Waals surface area contributed by atoms with Gasteiger partial charge in [-0.1, -0.05) is 41.9 Å². The Morgan fingerprint density at radius 3 is 2.38 bits per heavy atom. The predicted octanol–water partition coefficient (Wildman–Crippen LogP) is 3.36. The summed E-state index contributed by atoms with van der Waals surface area (Å²) in [5.41, 5.74) is 1.36. The molecular weight excluding hydrogens is 434 g/mol. The van der Waals surface area contributed by atoms with Gasteiger partial charge in [-0.2, -0.15) is 5.10 Å². The fourth-order valence-corrected chi connectivity index (χ4v) is 6.14. The number of aromatic nitrogens is 2. The zero-order valence-corrected chi connectivity index (χ0v) is 17.6. The molecule has 7 nitrogen and oxygen atoms in total. The molecule has 1 fully saturated rings. The van der Waals surface area contributed by atoms with E-state index >= 15 is 0 Å². The third-order valence-electron chi connectivity index (χ3n) is 4.72. The molecule has 1 aliphatic rings. The fourth-order valence-electron chi connectivity index (χ4n) is 3.28. The van der Waals surface area contributed by atoms with E-state index in [-0.39, 0.29) is 22.2 Å². The molecule has 0 radical (unpaired) electrons. The quantitative estimate of drug-likeness (QED) is 0.641. The number of sulfone groups is 1. The number of benzene rings is 2. The maximum atomic E-state index is 12.8. The molecule has 1 N–H and O–H groups in total. The summed E-state index contributed by atoms with van der Waals surface area (Å²) in [6.45, 7) is 0. The van der Waals surface area contributed by atoms with Gasteiger partial charge >= 0.3 is 0 Å². The molecule has 29 heavy (non-hydrogen) atoms. The minimum Gasteiger partial charge on any atom is -0.264 e. The van der Waals surface area contributed by atoms with Gasteiger partial charge in [0.05, 0.1) is 28.1 Å². The Morgan fingerprint density at radius 2 is 1.76 bits per heavy atom. The van der Waals surface area contributed by atoms with Crippen LogP contribution in [-0.2, 0) is 19.9 Å². The SMILES string of the molecule is O=S1(=O)CC[C@H](n2nc(-c3ccccc3)cc2NS(=O)(=O)c2ccc(Cl)cc2)C1. The number of anilines is 1. The second kappa shape index (κ2) is 7.47. The zero-order chi connectivity index (χ0) is 20.6. The molecule has 1 saturated heterocycles. The summed E-state index contributed by atoms with van der Waals surface area (Å²) < 4.78 is 53.6. The summed E-state index contributed by atoms with van der Waals surface area (Å²) in [7, 11) is -7.07. The molecule has 2 aromatic carbocycles. The molecule has 4 rings (SSSR count). The first-order valence-corrected chi connectivity index (χ1v) is 12.6. The van der Waals surface area contributed by atoms with Gasteiger partial charge in [0.2, 0.25) is 0 Å². The molecule has 0 amide bonds. The lowest BCUT2D eigenvalue weighted by molar-refractivity contribution is 0.507. The van der Waals surface area contributed by atoms with Crippen LogP contribution in [0.5, 0.6) is 0 Å². The van der Waals surface area contributed by atoms with Crippen LogP contribution in [0.2, 0.25) is 5.02 Å². The molecule has 0 bridgehead atoms. The van der Waals surface area contributed by atoms with Crippen LogP contribution in [0.3, 0.4) is 0 Å². The maximum Gasteiger partial charge on any atom is 0.263 e. The van der Waals surface area contributed by atoms with E-state index < -0.39 is 25.9 Å². The van der Waals surface area contributed by atoms with Gasteiger partial charge in [0.25, 0.3) is 10.0 Å². The van der Waals surface area contributed by atoms with Crippen LogP contribution in [-0.4, -0.2) is 38.1 Å². The highest BCUT2D eigenvalue weighted by molar-refractivity contribution is 7.92. The third-order valence-corrected chi connectivity index (χ3v) is 8.10. The Labute approximate surface area is 174 Å². The lowest BCUT2D eigenvalue weighted by Crippen LogP contribution is -2.19. The van der Waals surface area contributed by atoms with E-state index in [1.54, 1.807) is 6.07 Å². The number of nitrogens with zero attached hydrogens (tertiary/aromatic N) is 2. The van der Waals surface area contributed by atoms with Gasteiger partial charge in [0, 0.05) is 16.7 Å². The number of hydrogen-bond donors (Lipinski definition) is 1. The monoisotopic (exact) mass is 451 g/mol. The second-order valence-electron chi connectivity index (χ2n) is 6.84. The maximum absolute atomic E-state index is 12.8. The summed E-state index contributed by atoms with van der Waals surface area (Å²) in [5, 5.41) is 4.95. The lowest BCUT2D eigenvalue weighted by Gasteiger charge is -2.14. The Morgan fingerprint density at radius 1 is 1.07 bits per heavy atom. The summed E-state index contributed by atoms with van der Waals surface area (Å²) in [6.07, 6.45) is 0.383. The number of halogens is 1. The number of rotatable bonds is 5. The van der Waals surface area contributed by atoms with Gasteiger partial charge in [-0.25, -0.2) is 21.5 Å². The first-order valence-electron chi connectivity index (χ1n) is 8.87. The van der Waals surface area contributed by atoms with Crippen molar-refractivity contribution in [3.8, 4) is 11.3 Å². The Bertz CT molecular complexity index is 1240. The van der Waals surface area contributed by atoms with Gasteiger partial charge in [-0.15, -0.1) is 0 Å². The van der Waals surface area contributed by atoms with Crippen molar-refractivity contribution < 1.29 is 16.8 Å². The van der Waals surface area contributed by atoms with E-state index in [2.05, 4.69) is 9.82 Å². The molecule has 0 spiro atoms. The Balaban J connectivity index is 1.75. The fraction of sp³-hybridized carbons (Fsp3) is 0.211. The summed E-state index contributed by atoms with van der Waals surface area (Å²) in [5.74, 6) is 0.209. The summed E-state index contributed by atoms with van der Waals surface area (Å²) in [4.78, 5) is 0.0509. The average Bonchev–Trinajstić information content (AvgIpc) is 3.25. The molecule has 152 valence electrons. The summed E-state index contributed by atoms with van der Waals surface area (Å²) in [6, 6.07) is 16.3. The van der Waals surface area contributed by atoms with E-state index in [1.165, 1.54) is 28.9 Å². The van der Waals surface area contributed by atoms with Crippen molar-refractivity contribution >= 4 is 37.3 Å². The molecule has 0 unspecified atom stereocenters. The van der Waals surface area contributed by atoms with E-state index in [0.29, 0.717) is 17.1 Å². The van der Waals surface area contributed by atoms with E-state index in [0.717, 1.165) is 5.56 Å². The topological polar surface area (TPSA) is 98.1 Å². The molecule has 2 heterocycles. The van der Waals surface area contributed by atoms with Crippen LogP contribution in [0.15, 0.2) is 65.6 Å². The highest BCUT2D eigenvalue weighted by atomic mass is 35.5. The molecule has 3 aromatic rings. The highest BCUT2D eigenvalue weighted by Gasteiger charge is 2.32. The van der Waals surface area contributed by atoms with Crippen molar-refractivity contribution in [2.24, 2.45) is 0 Å². The van der Waals surface area contributed by atoms with E-state index in [4.69, 9.17) is 11.6 Å². The van der Waals surface area contributed by atoms with Crippen molar-refractivity contribution in [3.63, 3.8) is 0 Å². The molecule has 0 aliphatic carbocycles. The van der Waals surface area contributed by atoms with Crippen molar-refractivity contribution in [2.75, 3.05) is 16.2 Å². The number of sulfonamides is 1. The van der Waals surface area contributed by atoms with Crippen LogP contribution in [0.25, 0.3) is 11.3 Å². The molecule has 0 saturated carbocycles. The normalized spacial score (nSPS) is 18.6. The third kappa shape index (κ3) is 4.31. The van der Waals surface area contributed by atoms with Crippen LogP contribution >= 0.6 is 11.6 Å². The molecule has 1 aliphatic heterocycles. The number of nitrogens with one attached hydrogen (secondary N) is 1. The minimum absolute atomic E-state index is 0.0509. The van der Waals surface area contributed by atoms with Crippen LogP contribution in [0, 0.1) is 0 Å². The minimum atomic E-state index is -3.90. The summed E-state index contributed by atoms with van der Waals surface area (Å²) >= 11 is 5.84. The highest BCUT2D eigenvalue weighted by Crippen LogP contribution is 2.31. The zero-order valence-electron chi connectivity index (χ0n) is 15.2. The smallest absolute Gasteiger partial charge is 0.263 e. The average molecular weight is 452 g/mol. The lowest BCUT2D eigenvalue weighted by atomic mass is 10.2. The molecule has 1 atom stereocenters. The van der Waals surface area contributed by atoms with E-state index in [1.807, 2.05) is 30.3 Å². The van der Waals surface area contributed by atoms with Crippen molar-refractivity contribution in [3.05, 3.63) is 65.7 Å². The van der Waals surface area contributed by atoms with Gasteiger partial charge < -0.3 is 0 Å². The largest absolute Gasteiger partial charge is 0.264 e. The Kier molecular flexibility index (Phi) is 5.14. The first kappa shape index (κ1) is 19.9. The van der Waals surface area contributed by atoms with Gasteiger partial charge in [-0.05, 0) is 30.7 Å². The van der Waals surface area contributed by atoms with Gasteiger partial charge in [0.1, 0.15) is 5.82 Å². The molecule has 10 heteroatoms. The van der Waals surface area contributed by atoms with Gasteiger partial charge in [0.15, 0.2) is 9.84 Å². The first-order chi connectivity index (χ1) is 13.7. The van der Waals surface area contributed by atoms with Crippen LogP contribution < -0.4 is 4.72 Å². The molecular formula is C19H18ClN3O4S2. The van der Waals surface area contributed by atoms with E-state index in [9.17, 15) is 16.8 Å². The van der Waals surface area contributed by atoms with Crippen molar-refractivity contribution in [2.45, 2.75) is 17.4 Å². The standard InChI is InChI=1S/C19H18ClN3O4S2/c20-15-6-8-17(9-7-15)29(26,27)22-19-12-18(14-4-2-1-3-5-14)21-23(19)16-10-11-28(24,25)13-16/h1-9,12,16,22H,10-11,13H2/t16-/m0/s1. The predicted molar refractivity (Wildman–Crippen MR) is 112 cm³/mol. The van der Waals surface area contributed by atoms with Crippen LogP contribution in [0.1, 0.15) is 12.5 Å². The van der Waals surface area contributed by atoms with Crippen molar-refractivity contribution in [1.29, 1.82) is 0 Å². The molecule has 1 aromatic heterocycles.